The zero-order valence-corrected chi connectivity index (χ0v) is 16.5. The van der Waals surface area contributed by atoms with Gasteiger partial charge in [-0.3, -0.25) is 9.69 Å². The van der Waals surface area contributed by atoms with E-state index in [4.69, 9.17) is 9.72 Å². The molecule has 0 unspecified atom stereocenters. The van der Waals surface area contributed by atoms with Crippen LogP contribution >= 0.6 is 0 Å². The molecule has 0 saturated carbocycles. The summed E-state index contributed by atoms with van der Waals surface area (Å²) in [7, 11) is 0. The average Bonchev–Trinajstić information content (AvgIpc) is 2.67. The van der Waals surface area contributed by atoms with E-state index in [0.717, 1.165) is 62.6 Å². The zero-order valence-electron chi connectivity index (χ0n) is 16.5. The van der Waals surface area contributed by atoms with Gasteiger partial charge in [-0.2, -0.15) is 0 Å². The van der Waals surface area contributed by atoms with E-state index < -0.39 is 0 Å². The third-order valence-corrected chi connectivity index (χ3v) is 5.82. The zero-order chi connectivity index (χ0) is 18.8. The van der Waals surface area contributed by atoms with Crippen molar-refractivity contribution in [3.8, 4) is 0 Å². The van der Waals surface area contributed by atoms with Gasteiger partial charge in [0.25, 0.3) is 0 Å². The van der Waals surface area contributed by atoms with Crippen LogP contribution in [-0.2, 0) is 22.5 Å². The van der Waals surface area contributed by atoms with Gasteiger partial charge < -0.3 is 15.0 Å². The molecule has 1 N–H and O–H groups in total. The molecular weight excluding hydrogens is 342 g/mol. The molecule has 0 radical (unpaired) electrons. The lowest BCUT2D eigenvalue weighted by Crippen LogP contribution is -2.50. The number of nitrogens with one attached hydrogen (secondary N) is 1. The molecule has 2 saturated heterocycles. The van der Waals surface area contributed by atoms with Gasteiger partial charge >= 0.3 is 0 Å². The lowest BCUT2D eigenvalue weighted by molar-refractivity contribution is -0.136. The van der Waals surface area contributed by atoms with Gasteiger partial charge in [-0.15, -0.1) is 0 Å². The molecule has 1 amide bonds. The molecule has 0 bridgehead atoms. The number of piperidine rings is 1. The Balaban J connectivity index is 1.37. The van der Waals surface area contributed by atoms with Gasteiger partial charge in [-0.1, -0.05) is 0 Å². The Bertz CT molecular complexity index is 666. The van der Waals surface area contributed by atoms with E-state index in [9.17, 15) is 4.79 Å². The third kappa shape index (κ3) is 4.47. The van der Waals surface area contributed by atoms with Crippen LogP contribution in [0.25, 0.3) is 0 Å². The molecule has 0 aliphatic carbocycles. The smallest absolute Gasteiger partial charge is 0.237 e. The molecule has 0 aromatic carbocycles. The van der Waals surface area contributed by atoms with Crippen molar-refractivity contribution in [3.63, 3.8) is 0 Å². The summed E-state index contributed by atoms with van der Waals surface area (Å²) >= 11 is 0. The molecule has 3 atom stereocenters. The number of hydrogen-bond donors (Lipinski definition) is 1. The maximum absolute atomic E-state index is 12.8. The number of ether oxygens (including phenoxy) is 1. The number of rotatable bonds is 3. The Morgan fingerprint density at radius 1 is 1.33 bits per heavy atom. The van der Waals surface area contributed by atoms with E-state index in [1.807, 2.05) is 11.1 Å². The van der Waals surface area contributed by atoms with Crippen molar-refractivity contribution in [2.75, 3.05) is 39.3 Å². The summed E-state index contributed by atoms with van der Waals surface area (Å²) in [6.45, 7) is 9.71. The van der Waals surface area contributed by atoms with Crippen LogP contribution in [0.5, 0.6) is 0 Å². The minimum Gasteiger partial charge on any atom is -0.373 e. The summed E-state index contributed by atoms with van der Waals surface area (Å²) in [5.41, 5.74) is 2.23. The molecule has 3 aliphatic heterocycles. The second kappa shape index (κ2) is 8.20. The second-order valence-electron chi connectivity index (χ2n) is 8.26. The van der Waals surface area contributed by atoms with Crippen molar-refractivity contribution in [3.05, 3.63) is 23.3 Å². The Kier molecular flexibility index (Phi) is 5.71. The summed E-state index contributed by atoms with van der Waals surface area (Å²) in [5, 5.41) is 3.43. The second-order valence-corrected chi connectivity index (χ2v) is 8.26. The molecular formula is C20H31N5O2. The van der Waals surface area contributed by atoms with Gasteiger partial charge in [0.05, 0.1) is 24.4 Å². The summed E-state index contributed by atoms with van der Waals surface area (Å²) in [6, 6.07) is 0. The Morgan fingerprint density at radius 3 is 2.89 bits per heavy atom. The Hall–Kier alpha value is -1.57. The summed E-state index contributed by atoms with van der Waals surface area (Å²) in [4.78, 5) is 26.4. The molecule has 2 fully saturated rings. The highest BCUT2D eigenvalue weighted by Gasteiger charge is 2.28. The van der Waals surface area contributed by atoms with Crippen LogP contribution in [0.2, 0.25) is 0 Å². The fraction of sp³-hybridized carbons (Fsp3) is 0.750. The standard InChI is InChI=1S/C20H31N5O2/c1-14-10-24(11-15(2)27-14)13-19(26)25-7-5-18-17(12-25)9-22-20(23-18)16-4-3-6-21-8-16/h9,14-16,21H,3-8,10-13H2,1-2H3/t14-,15+,16-/m0/s1. The fourth-order valence-corrected chi connectivity index (χ4v) is 4.52. The predicted molar refractivity (Wildman–Crippen MR) is 102 cm³/mol. The van der Waals surface area contributed by atoms with Crippen LogP contribution in [0.4, 0.5) is 0 Å². The lowest BCUT2D eigenvalue weighted by atomic mass is 9.98. The van der Waals surface area contributed by atoms with Gasteiger partial charge in [0, 0.05) is 56.8 Å². The Labute approximate surface area is 161 Å². The van der Waals surface area contributed by atoms with E-state index in [1.54, 1.807) is 0 Å². The number of amides is 1. The summed E-state index contributed by atoms with van der Waals surface area (Å²) in [6.07, 6.45) is 5.49. The van der Waals surface area contributed by atoms with E-state index in [1.165, 1.54) is 6.42 Å². The van der Waals surface area contributed by atoms with E-state index >= 15 is 0 Å². The molecule has 4 rings (SSSR count). The Morgan fingerprint density at radius 2 is 2.15 bits per heavy atom. The van der Waals surface area contributed by atoms with Crippen molar-refractivity contribution in [2.24, 2.45) is 0 Å². The monoisotopic (exact) mass is 373 g/mol. The average molecular weight is 374 g/mol. The van der Waals surface area contributed by atoms with Crippen molar-refractivity contribution in [2.45, 2.75) is 57.8 Å². The SMILES string of the molecule is C[C@@H]1CN(CC(=O)N2CCc3nc([C@H]4CCCNC4)ncc3C2)C[C@H](C)O1. The number of carbonyl (C=O) groups is 1. The molecule has 1 aromatic rings. The highest BCUT2D eigenvalue weighted by Crippen LogP contribution is 2.23. The number of nitrogens with zero attached hydrogens (tertiary/aromatic N) is 4. The molecule has 7 nitrogen and oxygen atoms in total. The highest BCUT2D eigenvalue weighted by atomic mass is 16.5. The minimum atomic E-state index is 0.185. The van der Waals surface area contributed by atoms with Crippen LogP contribution in [0, 0.1) is 0 Å². The number of carbonyl (C=O) groups excluding carboxylic acids is 1. The van der Waals surface area contributed by atoms with Crippen molar-refractivity contribution in [1.82, 2.24) is 25.1 Å². The maximum Gasteiger partial charge on any atom is 0.237 e. The van der Waals surface area contributed by atoms with Crippen LogP contribution in [-0.4, -0.2) is 77.2 Å². The quantitative estimate of drug-likeness (QED) is 0.850. The van der Waals surface area contributed by atoms with Crippen LogP contribution in [0.15, 0.2) is 6.20 Å². The normalized spacial score (nSPS) is 29.4. The molecule has 3 aliphatic rings. The third-order valence-electron chi connectivity index (χ3n) is 5.82. The lowest BCUT2D eigenvalue weighted by Gasteiger charge is -2.36. The van der Waals surface area contributed by atoms with Crippen molar-refractivity contribution < 1.29 is 9.53 Å². The number of aromatic nitrogens is 2. The van der Waals surface area contributed by atoms with E-state index in [-0.39, 0.29) is 18.1 Å². The fourth-order valence-electron chi connectivity index (χ4n) is 4.52. The topological polar surface area (TPSA) is 70.6 Å². The molecule has 1 aromatic heterocycles. The van der Waals surface area contributed by atoms with Gasteiger partial charge in [-0.25, -0.2) is 9.97 Å². The molecule has 4 heterocycles. The van der Waals surface area contributed by atoms with Gasteiger partial charge in [-0.05, 0) is 33.2 Å². The van der Waals surface area contributed by atoms with Gasteiger partial charge in [0.15, 0.2) is 0 Å². The minimum absolute atomic E-state index is 0.185. The first-order valence-electron chi connectivity index (χ1n) is 10.3. The molecule has 148 valence electrons. The first-order chi connectivity index (χ1) is 13.1. The maximum atomic E-state index is 12.8. The van der Waals surface area contributed by atoms with Gasteiger partial charge in [0.1, 0.15) is 5.82 Å². The number of hydrogen-bond acceptors (Lipinski definition) is 6. The summed E-state index contributed by atoms with van der Waals surface area (Å²) in [5.74, 6) is 1.59. The first-order valence-corrected chi connectivity index (χ1v) is 10.3. The van der Waals surface area contributed by atoms with E-state index in [2.05, 4.69) is 29.0 Å². The van der Waals surface area contributed by atoms with Crippen molar-refractivity contribution >= 4 is 5.91 Å². The number of fused-ring (bicyclic) bond motifs is 1. The predicted octanol–water partition coefficient (Wildman–Crippen LogP) is 0.938. The number of morpholine rings is 1. The van der Waals surface area contributed by atoms with Gasteiger partial charge in [0.2, 0.25) is 5.91 Å². The van der Waals surface area contributed by atoms with E-state index in [0.29, 0.717) is 19.0 Å². The van der Waals surface area contributed by atoms with Crippen LogP contribution in [0.1, 0.15) is 49.7 Å². The van der Waals surface area contributed by atoms with Crippen LogP contribution in [0.3, 0.4) is 0 Å². The first kappa shape index (κ1) is 18.8. The van der Waals surface area contributed by atoms with Crippen molar-refractivity contribution in [1.29, 1.82) is 0 Å². The summed E-state index contributed by atoms with van der Waals surface area (Å²) < 4.78 is 5.76. The molecule has 0 spiro atoms. The largest absolute Gasteiger partial charge is 0.373 e. The molecule has 7 heteroatoms. The van der Waals surface area contributed by atoms with Crippen LogP contribution < -0.4 is 5.32 Å². The highest BCUT2D eigenvalue weighted by molar-refractivity contribution is 5.78. The molecule has 27 heavy (non-hydrogen) atoms.